The Morgan fingerprint density at radius 1 is 0.806 bits per heavy atom. The predicted molar refractivity (Wildman–Crippen MR) is 155 cm³/mol. The second-order valence-corrected chi connectivity index (χ2v) is 9.29. The van der Waals surface area contributed by atoms with Crippen LogP contribution in [0.2, 0.25) is 0 Å². The number of carbonyl (C=O) groups is 5. The van der Waals surface area contributed by atoms with Crippen LogP contribution in [-0.4, -0.2) is 31.4 Å². The van der Waals surface area contributed by atoms with Crippen LogP contribution in [0.4, 0.5) is 0 Å². The Morgan fingerprint density at radius 3 is 1.47 bits per heavy atom. The van der Waals surface area contributed by atoms with Crippen molar-refractivity contribution >= 4 is 31.4 Å². The van der Waals surface area contributed by atoms with Gasteiger partial charge in [-0.25, -0.2) is 0 Å². The summed E-state index contributed by atoms with van der Waals surface area (Å²) in [5.74, 6) is 0.581. The van der Waals surface area contributed by atoms with Crippen molar-refractivity contribution in [2.45, 2.75) is 121 Å². The van der Waals surface area contributed by atoms with Crippen LogP contribution in [0.25, 0.3) is 0 Å². The van der Waals surface area contributed by atoms with E-state index >= 15 is 0 Å². The van der Waals surface area contributed by atoms with Crippen molar-refractivity contribution in [3.8, 4) is 0 Å². The fourth-order valence-corrected chi connectivity index (χ4v) is 1.45. The number of aldehydes is 5. The third kappa shape index (κ3) is 48.9. The summed E-state index contributed by atoms with van der Waals surface area (Å²) in [7, 11) is 0. The molecule has 0 aliphatic heterocycles. The summed E-state index contributed by atoms with van der Waals surface area (Å²) in [6, 6.07) is 0. The molecule has 5 nitrogen and oxygen atoms in total. The lowest BCUT2D eigenvalue weighted by atomic mass is 9.87. The van der Waals surface area contributed by atoms with E-state index in [1.165, 1.54) is 0 Å². The Labute approximate surface area is 222 Å². The highest BCUT2D eigenvalue weighted by molar-refractivity contribution is 5.65. The van der Waals surface area contributed by atoms with Gasteiger partial charge in [0, 0.05) is 25.7 Å². The highest BCUT2D eigenvalue weighted by Crippen LogP contribution is 2.22. The average Bonchev–Trinajstić information content (AvgIpc) is 2.86. The smallest absolute Gasteiger partial charge is 0.142 e. The van der Waals surface area contributed by atoms with Crippen molar-refractivity contribution in [1.29, 1.82) is 0 Å². The van der Waals surface area contributed by atoms with E-state index in [0.717, 1.165) is 80.3 Å². The van der Waals surface area contributed by atoms with E-state index in [4.69, 9.17) is 0 Å². The molecule has 0 saturated carbocycles. The fraction of sp³-hybridized carbons (Fsp3) is 0.645. The fourth-order valence-electron chi connectivity index (χ4n) is 1.45. The van der Waals surface area contributed by atoms with Crippen molar-refractivity contribution in [2.24, 2.45) is 11.3 Å². The molecule has 0 aromatic heterocycles. The zero-order valence-electron chi connectivity index (χ0n) is 25.0. The SMILES string of the molecule is C/C=C(\C)CC=O.C=C(CC)CC=O.CC/C(C)=C/C=O.CCC(C)(C)CC=O.CCC(C)CC=O. The highest BCUT2D eigenvalue weighted by Gasteiger charge is 2.12. The third-order valence-corrected chi connectivity index (χ3v) is 5.47. The van der Waals surface area contributed by atoms with Gasteiger partial charge in [-0.15, -0.1) is 0 Å². The van der Waals surface area contributed by atoms with Crippen LogP contribution in [0.3, 0.4) is 0 Å². The summed E-state index contributed by atoms with van der Waals surface area (Å²) < 4.78 is 0. The van der Waals surface area contributed by atoms with Crippen LogP contribution < -0.4 is 0 Å². The molecule has 0 aromatic rings. The molecule has 0 saturated heterocycles. The van der Waals surface area contributed by atoms with Crippen LogP contribution in [0.5, 0.6) is 0 Å². The van der Waals surface area contributed by atoms with Crippen molar-refractivity contribution in [3.05, 3.63) is 35.5 Å². The van der Waals surface area contributed by atoms with Crippen LogP contribution >= 0.6 is 0 Å². The normalized spacial score (nSPS) is 11.2. The Bertz CT molecular complexity index is 612. The largest absolute Gasteiger partial charge is 0.303 e. The minimum absolute atomic E-state index is 0.224. The van der Waals surface area contributed by atoms with Crippen molar-refractivity contribution in [1.82, 2.24) is 0 Å². The van der Waals surface area contributed by atoms with Crippen LogP contribution in [0.15, 0.2) is 35.5 Å². The van der Waals surface area contributed by atoms with E-state index in [0.29, 0.717) is 25.2 Å². The number of hydrogen-bond donors (Lipinski definition) is 0. The van der Waals surface area contributed by atoms with Crippen LogP contribution in [0.1, 0.15) is 121 Å². The molecule has 0 N–H and O–H groups in total. The van der Waals surface area contributed by atoms with E-state index in [9.17, 15) is 24.0 Å². The highest BCUT2D eigenvalue weighted by atomic mass is 16.1. The van der Waals surface area contributed by atoms with E-state index in [2.05, 4.69) is 41.2 Å². The topological polar surface area (TPSA) is 85.3 Å². The molecule has 0 spiro atoms. The maximum Gasteiger partial charge on any atom is 0.142 e. The van der Waals surface area contributed by atoms with E-state index in [-0.39, 0.29) is 5.41 Å². The van der Waals surface area contributed by atoms with Gasteiger partial charge in [-0.2, -0.15) is 0 Å². The molecule has 0 amide bonds. The first-order valence-electron chi connectivity index (χ1n) is 13.0. The first-order chi connectivity index (χ1) is 16.9. The lowest BCUT2D eigenvalue weighted by Crippen LogP contribution is -2.09. The second-order valence-electron chi connectivity index (χ2n) is 9.29. The second kappa shape index (κ2) is 34.7. The third-order valence-electron chi connectivity index (χ3n) is 5.47. The summed E-state index contributed by atoms with van der Waals surface area (Å²) in [5.41, 5.74) is 3.50. The maximum absolute atomic E-state index is 9.98. The standard InChI is InChI=1S/C7H14O.C6H12O.3C6H10O/c1-4-7(2,3)5-6-8;4*1-3-6(2)4-5-7/h6H,4-5H2,1-3H3;5-6H,3-4H2,1-2H3;4-5H,3H2,1-2H3;3,5H,4H2,1-2H3;5H,2-4H2,1H3/b;;6-4+;6-3+;. The van der Waals surface area contributed by atoms with Gasteiger partial charge < -0.3 is 19.2 Å². The van der Waals surface area contributed by atoms with Gasteiger partial charge in [-0.3, -0.25) is 4.79 Å². The van der Waals surface area contributed by atoms with Crippen molar-refractivity contribution in [2.75, 3.05) is 0 Å². The summed E-state index contributed by atoms with van der Waals surface area (Å²) in [6.07, 6.45) is 14.7. The summed E-state index contributed by atoms with van der Waals surface area (Å²) in [5, 5.41) is 0. The van der Waals surface area contributed by atoms with Gasteiger partial charge in [0.25, 0.3) is 0 Å². The minimum atomic E-state index is 0.224. The molecule has 0 aliphatic carbocycles. The number of carbonyl (C=O) groups excluding carboxylic acids is 5. The molecule has 0 bridgehead atoms. The molecule has 0 fully saturated rings. The Morgan fingerprint density at radius 2 is 1.33 bits per heavy atom. The lowest BCUT2D eigenvalue weighted by molar-refractivity contribution is -0.110. The number of allylic oxidation sites excluding steroid dienone is 5. The molecule has 1 atom stereocenters. The molecule has 0 heterocycles. The zero-order chi connectivity index (χ0) is 29.4. The van der Waals surface area contributed by atoms with Crippen molar-refractivity contribution in [3.63, 3.8) is 0 Å². The molecule has 0 rings (SSSR count). The molecule has 0 radical (unpaired) electrons. The zero-order valence-corrected chi connectivity index (χ0v) is 25.0. The van der Waals surface area contributed by atoms with Gasteiger partial charge in [-0.1, -0.05) is 90.7 Å². The van der Waals surface area contributed by atoms with Gasteiger partial charge >= 0.3 is 0 Å². The summed E-state index contributed by atoms with van der Waals surface area (Å²) in [4.78, 5) is 48.9. The maximum atomic E-state index is 9.98. The molecule has 210 valence electrons. The van der Waals surface area contributed by atoms with Gasteiger partial charge in [0.15, 0.2) is 0 Å². The van der Waals surface area contributed by atoms with E-state index in [1.54, 1.807) is 6.08 Å². The molecule has 1 unspecified atom stereocenters. The molecule has 5 heteroatoms. The summed E-state index contributed by atoms with van der Waals surface area (Å²) in [6.45, 7) is 23.9. The first-order valence-corrected chi connectivity index (χ1v) is 13.0. The average molecular weight is 509 g/mol. The molecular weight excluding hydrogens is 452 g/mol. The quantitative estimate of drug-likeness (QED) is 0.142. The lowest BCUT2D eigenvalue weighted by Gasteiger charge is -2.17. The summed E-state index contributed by atoms with van der Waals surface area (Å²) >= 11 is 0. The number of rotatable bonds is 13. The minimum Gasteiger partial charge on any atom is -0.303 e. The predicted octanol–water partition coefficient (Wildman–Crippen LogP) is 8.26. The van der Waals surface area contributed by atoms with Gasteiger partial charge in [0.05, 0.1) is 0 Å². The monoisotopic (exact) mass is 508 g/mol. The van der Waals surface area contributed by atoms with Crippen molar-refractivity contribution < 1.29 is 24.0 Å². The van der Waals surface area contributed by atoms with E-state index in [1.807, 2.05) is 40.7 Å². The Balaban J connectivity index is -0.000000111. The molecule has 36 heavy (non-hydrogen) atoms. The van der Waals surface area contributed by atoms with Crippen LogP contribution in [-0.2, 0) is 24.0 Å². The van der Waals surface area contributed by atoms with Gasteiger partial charge in [0.2, 0.25) is 0 Å². The van der Waals surface area contributed by atoms with Gasteiger partial charge in [0.1, 0.15) is 31.4 Å². The Hall–Kier alpha value is -2.43. The van der Waals surface area contributed by atoms with Crippen LogP contribution in [0, 0.1) is 11.3 Å². The molecule has 0 aliphatic rings. The first kappa shape index (κ1) is 43.6. The molecular formula is C31H56O5. The Kier molecular flexibility index (Phi) is 42.1. The molecule has 0 aromatic carbocycles. The number of hydrogen-bond acceptors (Lipinski definition) is 5. The van der Waals surface area contributed by atoms with Gasteiger partial charge in [-0.05, 0) is 51.0 Å². The van der Waals surface area contributed by atoms with E-state index < -0.39 is 0 Å².